The minimum absolute atomic E-state index is 0.000949. The third-order valence-corrected chi connectivity index (χ3v) is 4.75. The van der Waals surface area contributed by atoms with Crippen molar-refractivity contribution in [3.63, 3.8) is 0 Å². The summed E-state index contributed by atoms with van der Waals surface area (Å²) in [6.07, 6.45) is 0.596. The lowest BCUT2D eigenvalue weighted by molar-refractivity contribution is 0.162. The smallest absolute Gasteiger partial charge is 0.240 e. The molecule has 2 N–H and O–H groups in total. The van der Waals surface area contributed by atoms with Gasteiger partial charge in [-0.3, -0.25) is 0 Å². The standard InChI is InChI=1S/C15H25NO3S/c1-5-13(17)10-11-16-20(18,19)14-8-6-12(7-9-14)15(2,3)4/h6-9,13,16-17H,5,10-11H2,1-4H3. The lowest BCUT2D eigenvalue weighted by Gasteiger charge is -2.19. The third-order valence-electron chi connectivity index (χ3n) is 3.27. The highest BCUT2D eigenvalue weighted by Crippen LogP contribution is 2.23. The molecule has 1 aromatic rings. The average molecular weight is 299 g/mol. The van der Waals surface area contributed by atoms with E-state index in [4.69, 9.17) is 0 Å². The fourth-order valence-electron chi connectivity index (χ4n) is 1.78. The van der Waals surface area contributed by atoms with E-state index >= 15 is 0 Å². The normalized spacial score (nSPS) is 14.2. The lowest BCUT2D eigenvalue weighted by atomic mass is 9.87. The molecular formula is C15H25NO3S. The predicted molar refractivity (Wildman–Crippen MR) is 81.2 cm³/mol. The first-order chi connectivity index (χ1) is 9.16. The summed E-state index contributed by atoms with van der Waals surface area (Å²) >= 11 is 0. The zero-order valence-corrected chi connectivity index (χ0v) is 13.5. The fourth-order valence-corrected chi connectivity index (χ4v) is 2.83. The Hall–Kier alpha value is -0.910. The number of aliphatic hydroxyl groups excluding tert-OH is 1. The van der Waals surface area contributed by atoms with Crippen LogP contribution in [0.1, 0.15) is 46.1 Å². The van der Waals surface area contributed by atoms with Crippen molar-refractivity contribution in [3.05, 3.63) is 29.8 Å². The number of sulfonamides is 1. The number of hydrogen-bond donors (Lipinski definition) is 2. The molecule has 0 radical (unpaired) electrons. The summed E-state index contributed by atoms with van der Waals surface area (Å²) in [5, 5.41) is 9.42. The topological polar surface area (TPSA) is 66.4 Å². The van der Waals surface area contributed by atoms with Crippen LogP contribution in [0, 0.1) is 0 Å². The average Bonchev–Trinajstić information content (AvgIpc) is 2.37. The molecule has 0 bridgehead atoms. The Morgan fingerprint density at radius 3 is 2.20 bits per heavy atom. The van der Waals surface area contributed by atoms with Gasteiger partial charge in [0.1, 0.15) is 0 Å². The first-order valence-electron chi connectivity index (χ1n) is 6.95. The van der Waals surface area contributed by atoms with Gasteiger partial charge in [0.05, 0.1) is 11.0 Å². The molecule has 1 atom stereocenters. The molecule has 0 saturated carbocycles. The SMILES string of the molecule is CCC(O)CCNS(=O)(=O)c1ccc(C(C)(C)C)cc1. The van der Waals surface area contributed by atoms with Crippen molar-refractivity contribution in [2.24, 2.45) is 0 Å². The van der Waals surface area contributed by atoms with Crippen LogP contribution in [-0.4, -0.2) is 26.2 Å². The van der Waals surface area contributed by atoms with Gasteiger partial charge < -0.3 is 5.11 Å². The van der Waals surface area contributed by atoms with Crippen molar-refractivity contribution < 1.29 is 13.5 Å². The highest BCUT2D eigenvalue weighted by Gasteiger charge is 2.17. The largest absolute Gasteiger partial charge is 0.393 e. The van der Waals surface area contributed by atoms with E-state index in [9.17, 15) is 13.5 Å². The van der Waals surface area contributed by atoms with E-state index in [1.54, 1.807) is 12.1 Å². The van der Waals surface area contributed by atoms with Crippen LogP contribution in [-0.2, 0) is 15.4 Å². The van der Waals surface area contributed by atoms with Crippen LogP contribution >= 0.6 is 0 Å². The maximum Gasteiger partial charge on any atom is 0.240 e. The first-order valence-corrected chi connectivity index (χ1v) is 8.43. The van der Waals surface area contributed by atoms with Gasteiger partial charge in [0.2, 0.25) is 10.0 Å². The number of benzene rings is 1. The van der Waals surface area contributed by atoms with Crippen LogP contribution in [0.4, 0.5) is 0 Å². The van der Waals surface area contributed by atoms with Crippen LogP contribution in [0.3, 0.4) is 0 Å². The van der Waals surface area contributed by atoms with Gasteiger partial charge in [-0.1, -0.05) is 39.8 Å². The van der Waals surface area contributed by atoms with Crippen molar-refractivity contribution in [3.8, 4) is 0 Å². The molecule has 5 heteroatoms. The maximum absolute atomic E-state index is 12.1. The molecule has 0 spiro atoms. The van der Waals surface area contributed by atoms with Gasteiger partial charge >= 0.3 is 0 Å². The zero-order chi connectivity index (χ0) is 15.4. The van der Waals surface area contributed by atoms with Crippen molar-refractivity contribution in [1.82, 2.24) is 4.72 Å². The summed E-state index contributed by atoms with van der Waals surface area (Å²) in [5.74, 6) is 0. The van der Waals surface area contributed by atoms with Crippen LogP contribution in [0.5, 0.6) is 0 Å². The molecule has 0 amide bonds. The number of nitrogens with one attached hydrogen (secondary N) is 1. The Bertz CT molecular complexity index is 515. The highest BCUT2D eigenvalue weighted by molar-refractivity contribution is 7.89. The van der Waals surface area contributed by atoms with Gasteiger partial charge in [-0.15, -0.1) is 0 Å². The number of aliphatic hydroxyl groups is 1. The van der Waals surface area contributed by atoms with Gasteiger partial charge in [-0.05, 0) is 36.0 Å². The molecule has 0 aromatic heterocycles. The lowest BCUT2D eigenvalue weighted by Crippen LogP contribution is -2.27. The van der Waals surface area contributed by atoms with E-state index in [0.29, 0.717) is 12.8 Å². The summed E-state index contributed by atoms with van der Waals surface area (Å²) in [4.78, 5) is 0.261. The van der Waals surface area contributed by atoms with E-state index < -0.39 is 16.1 Å². The van der Waals surface area contributed by atoms with Gasteiger partial charge in [0.15, 0.2) is 0 Å². The molecule has 0 aliphatic rings. The monoisotopic (exact) mass is 299 g/mol. The van der Waals surface area contributed by atoms with E-state index in [1.807, 2.05) is 19.1 Å². The van der Waals surface area contributed by atoms with Crippen LogP contribution in [0.2, 0.25) is 0 Å². The summed E-state index contributed by atoms with van der Waals surface area (Å²) in [6, 6.07) is 6.93. The first kappa shape index (κ1) is 17.1. The van der Waals surface area contributed by atoms with E-state index in [0.717, 1.165) is 5.56 Å². The minimum Gasteiger partial charge on any atom is -0.393 e. The Balaban J connectivity index is 2.73. The molecule has 1 unspecified atom stereocenters. The van der Waals surface area contributed by atoms with Gasteiger partial charge in [-0.2, -0.15) is 0 Å². The molecule has 0 aliphatic heterocycles. The highest BCUT2D eigenvalue weighted by atomic mass is 32.2. The van der Waals surface area contributed by atoms with Crippen LogP contribution in [0.15, 0.2) is 29.2 Å². The second kappa shape index (κ2) is 6.70. The van der Waals surface area contributed by atoms with Crippen molar-refractivity contribution >= 4 is 10.0 Å². The Morgan fingerprint density at radius 2 is 1.75 bits per heavy atom. The molecule has 1 aromatic carbocycles. The van der Waals surface area contributed by atoms with E-state index in [2.05, 4.69) is 25.5 Å². The molecule has 0 aliphatic carbocycles. The molecule has 20 heavy (non-hydrogen) atoms. The molecule has 0 fully saturated rings. The summed E-state index contributed by atoms with van der Waals surface area (Å²) in [6.45, 7) is 8.37. The number of rotatable bonds is 6. The molecular weight excluding hydrogens is 274 g/mol. The van der Waals surface area contributed by atoms with Crippen molar-refractivity contribution in [1.29, 1.82) is 0 Å². The molecule has 114 valence electrons. The van der Waals surface area contributed by atoms with Crippen LogP contribution in [0.25, 0.3) is 0 Å². The summed E-state index contributed by atoms with van der Waals surface area (Å²) < 4.78 is 26.7. The van der Waals surface area contributed by atoms with Crippen molar-refractivity contribution in [2.45, 2.75) is 57.0 Å². The molecule has 4 nitrogen and oxygen atoms in total. The van der Waals surface area contributed by atoms with Crippen molar-refractivity contribution in [2.75, 3.05) is 6.54 Å². The van der Waals surface area contributed by atoms with Crippen LogP contribution < -0.4 is 4.72 Å². The second-order valence-electron chi connectivity index (χ2n) is 6.02. The second-order valence-corrected chi connectivity index (χ2v) is 7.79. The van der Waals surface area contributed by atoms with Gasteiger partial charge in [0.25, 0.3) is 0 Å². The third kappa shape index (κ3) is 4.89. The Labute approximate surface area is 122 Å². The number of hydrogen-bond acceptors (Lipinski definition) is 3. The van der Waals surface area contributed by atoms with E-state index in [-0.39, 0.29) is 16.9 Å². The maximum atomic E-state index is 12.1. The summed E-state index contributed by atoms with van der Waals surface area (Å²) in [7, 11) is -3.49. The zero-order valence-electron chi connectivity index (χ0n) is 12.7. The van der Waals surface area contributed by atoms with Gasteiger partial charge in [-0.25, -0.2) is 13.1 Å². The molecule has 0 saturated heterocycles. The Morgan fingerprint density at radius 1 is 1.20 bits per heavy atom. The molecule has 0 heterocycles. The Kier molecular flexibility index (Phi) is 5.74. The quantitative estimate of drug-likeness (QED) is 0.848. The van der Waals surface area contributed by atoms with Gasteiger partial charge in [0, 0.05) is 6.54 Å². The summed E-state index contributed by atoms with van der Waals surface area (Å²) in [5.41, 5.74) is 1.10. The minimum atomic E-state index is -3.49. The molecule has 1 rings (SSSR count). The predicted octanol–water partition coefficient (Wildman–Crippen LogP) is 2.42. The van der Waals surface area contributed by atoms with E-state index in [1.165, 1.54) is 0 Å². The fraction of sp³-hybridized carbons (Fsp3) is 0.600.